The molecular formula is C9H12ClNO. The van der Waals surface area contributed by atoms with E-state index in [1.165, 1.54) is 6.92 Å². The van der Waals surface area contributed by atoms with E-state index in [4.69, 9.17) is 11.6 Å². The molecule has 2 nitrogen and oxygen atoms in total. The molecule has 0 radical (unpaired) electrons. The van der Waals surface area contributed by atoms with Crippen molar-refractivity contribution >= 4 is 23.2 Å². The first-order chi connectivity index (χ1) is 5.18. The first kappa shape index (κ1) is 11.0. The van der Waals surface area contributed by atoms with Crippen LogP contribution in [0.4, 0.5) is 5.69 Å². The Balaban J connectivity index is 0.00000121. The van der Waals surface area contributed by atoms with E-state index in [0.29, 0.717) is 5.02 Å². The number of benzene rings is 1. The highest BCUT2D eigenvalue weighted by atomic mass is 35.5. The number of nitrogens with one attached hydrogen (secondary N) is 1. The highest BCUT2D eigenvalue weighted by Crippen LogP contribution is 2.12. The Morgan fingerprint density at radius 1 is 1.33 bits per heavy atom. The van der Waals surface area contributed by atoms with Gasteiger partial charge in [0.25, 0.3) is 0 Å². The third-order valence-corrected chi connectivity index (χ3v) is 1.42. The lowest BCUT2D eigenvalue weighted by atomic mass is 10.3. The van der Waals surface area contributed by atoms with Crippen LogP contribution < -0.4 is 5.32 Å². The van der Waals surface area contributed by atoms with Crippen molar-refractivity contribution < 1.29 is 4.79 Å². The second-order valence-electron chi connectivity index (χ2n) is 2.19. The maximum Gasteiger partial charge on any atom is 0.221 e. The van der Waals surface area contributed by atoms with Crippen molar-refractivity contribution in [2.24, 2.45) is 0 Å². The standard InChI is InChI=1S/C8H8ClNO.CH4/c1-6(11)10-8-4-2-7(9)3-5-8;/h2-5H,1H3,(H,10,11);1H4. The molecule has 0 aliphatic rings. The van der Waals surface area contributed by atoms with Crippen LogP contribution in [0.2, 0.25) is 5.02 Å². The Hall–Kier alpha value is -1.02. The number of halogens is 1. The van der Waals surface area contributed by atoms with Crippen LogP contribution in [-0.2, 0) is 4.79 Å². The maximum atomic E-state index is 10.6. The van der Waals surface area contributed by atoms with Crippen LogP contribution in [0.15, 0.2) is 24.3 Å². The summed E-state index contributed by atoms with van der Waals surface area (Å²) >= 11 is 5.64. The summed E-state index contributed by atoms with van der Waals surface area (Å²) in [5.41, 5.74) is 0.766. The average Bonchev–Trinajstić information content (AvgIpc) is 1.93. The molecule has 1 rings (SSSR count). The lowest BCUT2D eigenvalue weighted by Gasteiger charge is -1.99. The molecule has 0 bridgehead atoms. The molecule has 0 fully saturated rings. The fourth-order valence-corrected chi connectivity index (χ4v) is 0.862. The molecule has 1 aromatic carbocycles. The van der Waals surface area contributed by atoms with Gasteiger partial charge in [-0.1, -0.05) is 19.0 Å². The van der Waals surface area contributed by atoms with Gasteiger partial charge in [0.2, 0.25) is 5.91 Å². The lowest BCUT2D eigenvalue weighted by molar-refractivity contribution is -0.114. The first-order valence-electron chi connectivity index (χ1n) is 3.21. The first-order valence-corrected chi connectivity index (χ1v) is 3.59. The van der Waals surface area contributed by atoms with Crippen LogP contribution >= 0.6 is 11.6 Å². The number of rotatable bonds is 1. The molecular weight excluding hydrogens is 174 g/mol. The normalized spacial score (nSPS) is 8.50. The van der Waals surface area contributed by atoms with Crippen LogP contribution in [0.3, 0.4) is 0 Å². The molecule has 0 aliphatic heterocycles. The van der Waals surface area contributed by atoms with E-state index in [9.17, 15) is 4.79 Å². The van der Waals surface area contributed by atoms with E-state index in [1.807, 2.05) is 0 Å². The Morgan fingerprint density at radius 3 is 2.25 bits per heavy atom. The minimum atomic E-state index is -0.0766. The quantitative estimate of drug-likeness (QED) is 0.716. The lowest BCUT2D eigenvalue weighted by Crippen LogP contribution is -2.04. The van der Waals surface area contributed by atoms with E-state index in [0.717, 1.165) is 5.69 Å². The third-order valence-electron chi connectivity index (χ3n) is 1.16. The van der Waals surface area contributed by atoms with Crippen LogP contribution in [-0.4, -0.2) is 5.91 Å². The maximum absolute atomic E-state index is 10.6. The van der Waals surface area contributed by atoms with Crippen LogP contribution in [0.1, 0.15) is 14.4 Å². The second-order valence-corrected chi connectivity index (χ2v) is 2.62. The summed E-state index contributed by atoms with van der Waals surface area (Å²) in [6.07, 6.45) is 0. The topological polar surface area (TPSA) is 29.1 Å². The van der Waals surface area contributed by atoms with E-state index < -0.39 is 0 Å². The number of carbonyl (C=O) groups excluding carboxylic acids is 1. The fourth-order valence-electron chi connectivity index (χ4n) is 0.736. The van der Waals surface area contributed by atoms with Gasteiger partial charge in [-0.15, -0.1) is 0 Å². The molecule has 0 aliphatic carbocycles. The number of carbonyl (C=O) groups is 1. The predicted octanol–water partition coefficient (Wildman–Crippen LogP) is 2.93. The van der Waals surface area contributed by atoms with E-state index in [-0.39, 0.29) is 13.3 Å². The SMILES string of the molecule is C.CC(=O)Nc1ccc(Cl)cc1. The summed E-state index contributed by atoms with van der Waals surface area (Å²) in [6.45, 7) is 1.47. The molecule has 0 spiro atoms. The second kappa shape index (κ2) is 4.78. The minimum absolute atomic E-state index is 0. The van der Waals surface area contributed by atoms with Crippen LogP contribution in [0, 0.1) is 0 Å². The summed E-state index contributed by atoms with van der Waals surface area (Å²) in [5, 5.41) is 3.30. The summed E-state index contributed by atoms with van der Waals surface area (Å²) < 4.78 is 0. The number of hydrogen-bond donors (Lipinski definition) is 1. The summed E-state index contributed by atoms with van der Waals surface area (Å²) in [7, 11) is 0. The van der Waals surface area contributed by atoms with Crippen molar-refractivity contribution in [1.29, 1.82) is 0 Å². The van der Waals surface area contributed by atoms with Gasteiger partial charge in [-0.2, -0.15) is 0 Å². The zero-order chi connectivity index (χ0) is 8.27. The Labute approximate surface area is 77.5 Å². The van der Waals surface area contributed by atoms with Crippen molar-refractivity contribution in [2.75, 3.05) is 5.32 Å². The Kier molecular flexibility index (Phi) is 4.37. The van der Waals surface area contributed by atoms with Crippen LogP contribution in [0.5, 0.6) is 0 Å². The van der Waals surface area contributed by atoms with Gasteiger partial charge in [0, 0.05) is 17.6 Å². The predicted molar refractivity (Wildman–Crippen MR) is 52.5 cm³/mol. The average molecular weight is 186 g/mol. The Bertz CT molecular complexity index is 256. The highest BCUT2D eigenvalue weighted by molar-refractivity contribution is 6.30. The highest BCUT2D eigenvalue weighted by Gasteiger charge is 1.93. The van der Waals surface area contributed by atoms with Gasteiger partial charge in [-0.3, -0.25) is 4.79 Å². The van der Waals surface area contributed by atoms with Crippen molar-refractivity contribution in [3.8, 4) is 0 Å². The van der Waals surface area contributed by atoms with E-state index in [1.54, 1.807) is 24.3 Å². The molecule has 0 heterocycles. The number of hydrogen-bond acceptors (Lipinski definition) is 1. The molecule has 0 aromatic heterocycles. The molecule has 66 valence electrons. The smallest absolute Gasteiger partial charge is 0.221 e. The fraction of sp³-hybridized carbons (Fsp3) is 0.222. The zero-order valence-electron chi connectivity index (χ0n) is 6.10. The van der Waals surface area contributed by atoms with Gasteiger partial charge >= 0.3 is 0 Å². The molecule has 0 saturated heterocycles. The van der Waals surface area contributed by atoms with Crippen molar-refractivity contribution in [3.05, 3.63) is 29.3 Å². The summed E-state index contributed by atoms with van der Waals surface area (Å²) in [4.78, 5) is 10.6. The molecule has 1 amide bonds. The van der Waals surface area contributed by atoms with E-state index >= 15 is 0 Å². The van der Waals surface area contributed by atoms with Crippen molar-refractivity contribution in [1.82, 2.24) is 0 Å². The molecule has 3 heteroatoms. The van der Waals surface area contributed by atoms with Gasteiger partial charge in [0.1, 0.15) is 0 Å². The van der Waals surface area contributed by atoms with Gasteiger partial charge in [0.15, 0.2) is 0 Å². The van der Waals surface area contributed by atoms with Crippen molar-refractivity contribution in [3.63, 3.8) is 0 Å². The molecule has 1 aromatic rings. The van der Waals surface area contributed by atoms with Gasteiger partial charge in [0.05, 0.1) is 0 Å². The number of amides is 1. The van der Waals surface area contributed by atoms with Crippen LogP contribution in [0.25, 0.3) is 0 Å². The van der Waals surface area contributed by atoms with Gasteiger partial charge in [-0.05, 0) is 24.3 Å². The van der Waals surface area contributed by atoms with Gasteiger partial charge in [-0.25, -0.2) is 0 Å². The molecule has 0 unspecified atom stereocenters. The molecule has 1 N–H and O–H groups in total. The molecule has 0 atom stereocenters. The number of anilines is 1. The monoisotopic (exact) mass is 185 g/mol. The van der Waals surface area contributed by atoms with E-state index in [2.05, 4.69) is 5.32 Å². The third kappa shape index (κ3) is 3.39. The van der Waals surface area contributed by atoms with Gasteiger partial charge < -0.3 is 5.32 Å². The minimum Gasteiger partial charge on any atom is -0.326 e. The molecule has 0 saturated carbocycles. The zero-order valence-corrected chi connectivity index (χ0v) is 6.85. The summed E-state index contributed by atoms with van der Waals surface area (Å²) in [5.74, 6) is -0.0766. The molecule has 12 heavy (non-hydrogen) atoms. The Morgan fingerprint density at radius 2 is 1.83 bits per heavy atom. The van der Waals surface area contributed by atoms with Crippen molar-refractivity contribution in [2.45, 2.75) is 14.4 Å². The summed E-state index contributed by atoms with van der Waals surface area (Å²) in [6, 6.07) is 6.97. The largest absolute Gasteiger partial charge is 0.326 e.